The molecule has 6 atom stereocenters. The lowest BCUT2D eigenvalue weighted by Crippen LogP contribution is -2.70. The highest BCUT2D eigenvalue weighted by molar-refractivity contribution is 6.03. The Kier molecular flexibility index (Phi) is 17.9. The van der Waals surface area contributed by atoms with Gasteiger partial charge in [0.05, 0.1) is 43.0 Å². The number of carbonyl (C=O) groups excluding carboxylic acids is 1. The Balaban J connectivity index is 1.43. The summed E-state index contributed by atoms with van der Waals surface area (Å²) in [5, 5.41) is 46.1. The van der Waals surface area contributed by atoms with E-state index >= 15 is 0 Å². The third kappa shape index (κ3) is 12.2. The Labute approximate surface area is 404 Å². The van der Waals surface area contributed by atoms with Gasteiger partial charge in [0.25, 0.3) is 5.69 Å². The molecule has 0 aromatic heterocycles. The monoisotopic (exact) mass is 943 g/mol. The number of hydrogen-bond acceptors (Lipinski definition) is 12. The number of fused-ring (bicyclic) bond motifs is 2. The lowest BCUT2D eigenvalue weighted by atomic mass is 9.55. The minimum absolute atomic E-state index is 0.0143. The SMILES string of the molecule is C=CCO[C@@]12Oc3ccc(Oc4ccc(C)c(C)c4)cc3[C@H]3[C@H](CCCCO)[C@@H](CCCCO)C=C(C(=NOCc4ccccc4)C[C@@H]1N(CCOCCO)C(=O)C=Cc1ccc([N+](=O)[O-])cc1)[C@H]32. The van der Waals surface area contributed by atoms with E-state index in [-0.39, 0.29) is 82.7 Å². The summed E-state index contributed by atoms with van der Waals surface area (Å²) >= 11 is 0. The number of aliphatic hydroxyl groups excluding tert-OH is 3. The first-order chi connectivity index (χ1) is 33.6. The molecule has 3 aliphatic rings. The molecule has 4 aromatic carbocycles. The number of hydrogen-bond donors (Lipinski definition) is 3. The van der Waals surface area contributed by atoms with Crippen LogP contribution in [0.4, 0.5) is 5.69 Å². The summed E-state index contributed by atoms with van der Waals surface area (Å²) in [6.07, 6.45) is 11.5. The van der Waals surface area contributed by atoms with E-state index in [9.17, 15) is 30.2 Å². The molecule has 0 saturated heterocycles. The van der Waals surface area contributed by atoms with Gasteiger partial charge in [-0.25, -0.2) is 0 Å². The number of non-ortho nitro benzene ring substituents is 1. The zero-order chi connectivity index (χ0) is 48.8. The fourth-order valence-electron chi connectivity index (χ4n) is 10.1. The molecule has 0 radical (unpaired) electrons. The van der Waals surface area contributed by atoms with E-state index in [1.54, 1.807) is 29.2 Å². The molecule has 0 unspecified atom stereocenters. The number of allylic oxidation sites excluding steroid dienone is 1. The Bertz CT molecular complexity index is 2460. The largest absolute Gasteiger partial charge is 0.459 e. The van der Waals surface area contributed by atoms with Crippen molar-refractivity contribution in [1.82, 2.24) is 4.90 Å². The third-order valence-corrected chi connectivity index (χ3v) is 13.5. The van der Waals surface area contributed by atoms with E-state index in [1.165, 1.54) is 18.2 Å². The molecule has 14 heteroatoms. The molecule has 4 aromatic rings. The van der Waals surface area contributed by atoms with Gasteiger partial charge in [0.2, 0.25) is 11.7 Å². The van der Waals surface area contributed by atoms with E-state index in [4.69, 9.17) is 28.9 Å². The first-order valence-electron chi connectivity index (χ1n) is 24.0. The zero-order valence-electron chi connectivity index (χ0n) is 39.6. The van der Waals surface area contributed by atoms with Crippen LogP contribution < -0.4 is 9.47 Å². The lowest BCUT2D eigenvalue weighted by Gasteiger charge is -2.60. The number of carbonyl (C=O) groups is 1. The van der Waals surface area contributed by atoms with Crippen LogP contribution in [0, 0.1) is 41.7 Å². The van der Waals surface area contributed by atoms with Crippen molar-refractivity contribution < 1.29 is 48.8 Å². The molecule has 0 bridgehead atoms. The predicted molar refractivity (Wildman–Crippen MR) is 264 cm³/mol. The number of nitro benzene ring substituents is 1. The van der Waals surface area contributed by atoms with Crippen LogP contribution in [-0.4, -0.2) is 94.8 Å². The lowest BCUT2D eigenvalue weighted by molar-refractivity contribution is -0.384. The second-order valence-electron chi connectivity index (χ2n) is 17.9. The number of nitrogens with zero attached hydrogens (tertiary/aromatic N) is 3. The fourth-order valence-corrected chi connectivity index (χ4v) is 10.1. The van der Waals surface area contributed by atoms with Gasteiger partial charge in [-0.3, -0.25) is 14.9 Å². The molecule has 1 aliphatic heterocycles. The van der Waals surface area contributed by atoms with Gasteiger partial charge in [-0.15, -0.1) is 6.58 Å². The molecule has 0 spiro atoms. The normalized spacial score (nSPS) is 22.0. The van der Waals surface area contributed by atoms with E-state index in [2.05, 4.69) is 32.6 Å². The summed E-state index contributed by atoms with van der Waals surface area (Å²) in [5.74, 6) is -0.888. The Morgan fingerprint density at radius 2 is 1.65 bits per heavy atom. The number of oxime groups is 1. The van der Waals surface area contributed by atoms with Gasteiger partial charge in [0.15, 0.2) is 0 Å². The van der Waals surface area contributed by atoms with Crippen LogP contribution in [0.15, 0.2) is 127 Å². The summed E-state index contributed by atoms with van der Waals surface area (Å²) in [4.78, 5) is 33.9. The van der Waals surface area contributed by atoms with Crippen LogP contribution in [-0.2, 0) is 25.7 Å². The molecular weight excluding hydrogens is 879 g/mol. The quantitative estimate of drug-likeness (QED) is 0.0189. The van der Waals surface area contributed by atoms with Crippen LogP contribution in [0.2, 0.25) is 0 Å². The number of aryl methyl sites for hydroxylation is 2. The second kappa shape index (κ2) is 24.4. The molecular formula is C55H65N3O11. The first-order valence-corrected chi connectivity index (χ1v) is 24.0. The molecule has 3 N–H and O–H groups in total. The molecule has 69 heavy (non-hydrogen) atoms. The van der Waals surface area contributed by atoms with Gasteiger partial charge in [-0.05, 0) is 128 Å². The molecule has 1 amide bonds. The van der Waals surface area contributed by atoms with E-state index in [1.807, 2.05) is 60.7 Å². The third-order valence-electron chi connectivity index (χ3n) is 13.5. The standard InChI is InChI=1S/C55H65N3O11/c1-4-30-66-55-51(57(26-31-65-32-29-61)52(62)25-19-40-17-20-43(21-18-40)58(63)64)36-49(56-67-37-41-12-6-5-7-13-41)47-34-42(14-8-10-27-59)46(15-9-11-28-60)53(54(47)55)48-35-45(23-24-50(48)69-55)68-44-22-16-38(2)39(3)33-44/h4-7,12-13,16-25,33-35,42,46,51,53-54,59-61H,1,8-11,14-15,26-32,36-37H2,2-3H3/t42-,46+,51-,53+,54+,55+/m0/s1. The molecule has 366 valence electrons. The average Bonchev–Trinajstić information content (AvgIpc) is 3.35. The van der Waals surface area contributed by atoms with Crippen molar-refractivity contribution in [3.8, 4) is 17.2 Å². The molecule has 1 saturated carbocycles. The summed E-state index contributed by atoms with van der Waals surface area (Å²) in [5.41, 5.74) is 6.14. The first kappa shape index (κ1) is 50.7. The van der Waals surface area contributed by atoms with Crippen LogP contribution in [0.5, 0.6) is 17.2 Å². The van der Waals surface area contributed by atoms with Gasteiger partial charge in [-0.1, -0.05) is 66.5 Å². The second-order valence-corrected chi connectivity index (χ2v) is 17.9. The van der Waals surface area contributed by atoms with Gasteiger partial charge in [0.1, 0.15) is 29.9 Å². The molecule has 7 rings (SSSR count). The minimum Gasteiger partial charge on any atom is -0.459 e. The van der Waals surface area contributed by atoms with Crippen molar-refractivity contribution >= 4 is 23.4 Å². The molecule has 2 aliphatic carbocycles. The van der Waals surface area contributed by atoms with Crippen LogP contribution in [0.3, 0.4) is 0 Å². The summed E-state index contributed by atoms with van der Waals surface area (Å²) in [6.45, 7) is 8.56. The Morgan fingerprint density at radius 1 is 0.913 bits per heavy atom. The predicted octanol–water partition coefficient (Wildman–Crippen LogP) is 9.39. The molecule has 1 heterocycles. The van der Waals surface area contributed by atoms with Crippen molar-refractivity contribution in [3.63, 3.8) is 0 Å². The van der Waals surface area contributed by atoms with Crippen molar-refractivity contribution in [2.24, 2.45) is 22.9 Å². The van der Waals surface area contributed by atoms with Gasteiger partial charge >= 0.3 is 0 Å². The molecule has 14 nitrogen and oxygen atoms in total. The van der Waals surface area contributed by atoms with Crippen molar-refractivity contribution in [2.75, 3.05) is 46.2 Å². The van der Waals surface area contributed by atoms with Crippen LogP contribution in [0.25, 0.3) is 6.08 Å². The minimum atomic E-state index is -1.54. The summed E-state index contributed by atoms with van der Waals surface area (Å²) < 4.78 is 27.0. The number of nitro groups is 1. The fraction of sp³-hybridized carbons (Fsp3) is 0.418. The maximum absolute atomic E-state index is 15.0. The Hall–Kier alpha value is -6.16. The number of benzene rings is 4. The smallest absolute Gasteiger partial charge is 0.269 e. The van der Waals surface area contributed by atoms with Crippen LogP contribution in [0.1, 0.15) is 78.7 Å². The number of amides is 1. The van der Waals surface area contributed by atoms with Crippen molar-refractivity contribution in [3.05, 3.63) is 159 Å². The van der Waals surface area contributed by atoms with E-state index in [0.717, 1.165) is 53.5 Å². The highest BCUT2D eigenvalue weighted by Crippen LogP contribution is 2.62. The highest BCUT2D eigenvalue weighted by Gasteiger charge is 2.65. The number of unbranched alkanes of at least 4 members (excludes halogenated alkanes) is 2. The van der Waals surface area contributed by atoms with Gasteiger partial charge in [-0.2, -0.15) is 0 Å². The number of ether oxygens (including phenoxy) is 4. The van der Waals surface area contributed by atoms with Gasteiger partial charge in [0, 0.05) is 55.9 Å². The van der Waals surface area contributed by atoms with Crippen LogP contribution >= 0.6 is 0 Å². The zero-order valence-corrected chi connectivity index (χ0v) is 39.6. The number of rotatable bonds is 25. The Morgan fingerprint density at radius 3 is 2.36 bits per heavy atom. The molecule has 1 fully saturated rings. The topological polar surface area (TPSA) is 183 Å². The summed E-state index contributed by atoms with van der Waals surface area (Å²) in [6, 6.07) is 26.7. The average molecular weight is 944 g/mol. The number of aliphatic hydroxyl groups is 3. The highest BCUT2D eigenvalue weighted by atomic mass is 16.7. The van der Waals surface area contributed by atoms with Crippen molar-refractivity contribution in [1.29, 1.82) is 0 Å². The van der Waals surface area contributed by atoms with E-state index < -0.39 is 28.6 Å². The van der Waals surface area contributed by atoms with E-state index in [0.29, 0.717) is 41.4 Å². The summed E-state index contributed by atoms with van der Waals surface area (Å²) in [7, 11) is 0. The van der Waals surface area contributed by atoms with Crippen molar-refractivity contribution in [2.45, 2.75) is 83.1 Å². The maximum atomic E-state index is 15.0. The maximum Gasteiger partial charge on any atom is 0.269 e. The van der Waals surface area contributed by atoms with Gasteiger partial charge < -0.3 is 44.0 Å².